The van der Waals surface area contributed by atoms with Crippen molar-refractivity contribution in [2.24, 2.45) is 0 Å². The predicted octanol–water partition coefficient (Wildman–Crippen LogP) is 12.8. The zero-order valence-corrected chi connectivity index (χ0v) is 50.8. The average Bonchev–Trinajstić information content (AvgIpc) is 2.60. The summed E-state index contributed by atoms with van der Waals surface area (Å²) in [4.78, 5) is 78.1. The second kappa shape index (κ2) is 28.5. The van der Waals surface area contributed by atoms with Crippen LogP contribution in [0.1, 0.15) is 101 Å². The van der Waals surface area contributed by atoms with Gasteiger partial charge in [0.05, 0.1) is 52.9 Å². The molecule has 0 saturated heterocycles. The molecule has 4 atom stereocenters. The summed E-state index contributed by atoms with van der Waals surface area (Å²) in [6, 6.07) is 24.1. The van der Waals surface area contributed by atoms with Crippen LogP contribution in [0.5, 0.6) is 0 Å². The SMILES string of the molecule is CCOP(=O)(O)OCCCCc1ccc2c(c1)-c1nc3nc(nc4[nH]c(nc5[nH]c(nc-2n1)c1cc(CCCCOP(=O)(O)OCC)ccc51)c1cc(CCCCOP(=O)(O)OCC)ccc41)-c1cc(CCCCOP(=O)(O)OCC)ccc1-3. The lowest BCUT2D eigenvalue weighted by molar-refractivity contribution is 0.152. The Hall–Kier alpha value is -5.32. The fourth-order valence-corrected chi connectivity index (χ4v) is 12.9. The van der Waals surface area contributed by atoms with E-state index in [9.17, 15) is 37.8 Å². The Kier molecular flexibility index (Phi) is 21.4. The molecule has 9 rings (SSSR count). The molecule has 7 aromatic rings. The first-order valence-electron chi connectivity index (χ1n) is 28.2. The Labute approximate surface area is 485 Å². The van der Waals surface area contributed by atoms with E-state index in [1.165, 1.54) is 0 Å². The van der Waals surface area contributed by atoms with Crippen molar-refractivity contribution in [3.63, 3.8) is 0 Å². The van der Waals surface area contributed by atoms with Gasteiger partial charge in [-0.2, -0.15) is 0 Å². The molecule has 8 bridgehead atoms. The zero-order chi connectivity index (χ0) is 59.5. The molecule has 450 valence electrons. The smallest absolute Gasteiger partial charge is 0.324 e. The lowest BCUT2D eigenvalue weighted by Crippen LogP contribution is -1.98. The largest absolute Gasteiger partial charge is 0.472 e. The normalized spacial score (nSPS) is 15.1. The third kappa shape index (κ3) is 16.6. The molecule has 0 spiro atoms. The Morgan fingerprint density at radius 1 is 0.333 bits per heavy atom. The Morgan fingerprint density at radius 2 is 0.619 bits per heavy atom. The number of phosphoric acid groups is 4. The van der Waals surface area contributed by atoms with Crippen LogP contribution < -0.4 is 0 Å². The van der Waals surface area contributed by atoms with Gasteiger partial charge in [-0.25, -0.2) is 48.2 Å². The first-order chi connectivity index (χ1) is 40.4. The second-order valence-corrected chi connectivity index (χ2v) is 25.7. The Balaban J connectivity index is 1.16. The number of rotatable bonds is 32. The number of H-pyrrole nitrogens is 2. The molecule has 4 unspecified atom stereocenters. The van der Waals surface area contributed by atoms with E-state index in [1.807, 2.05) is 60.7 Å². The minimum Gasteiger partial charge on any atom is -0.324 e. The van der Waals surface area contributed by atoms with Gasteiger partial charge >= 0.3 is 31.3 Å². The van der Waals surface area contributed by atoms with Crippen molar-refractivity contribution < 1.29 is 74.0 Å². The summed E-state index contributed by atoms with van der Waals surface area (Å²) in [5, 5.41) is 3.07. The number of nitrogens with zero attached hydrogens (tertiary/aromatic N) is 6. The standard InChI is InChI=1S/C56H70N8O16P4/c1-5-73-81(65,66)77-29-13-9-17-37-21-25-41-45(33-37)53-57-49(41)62-54-47-35-39(19-11-15-31-79-83(69,70)75-7-3)23-27-43(47)51(59-54)64-56-48-36-40(20-12-16-32-80-84(71,72)76-8-4)24-28-44(48)52(60-56)63-55-46-34-38(22-26-42(46)50(58-55)61-53)18-10-14-30-78-82(67,68)74-6-2/h21-28,33-36H,5-20,29-32H2,1-4H3,(H,65,66)(H,67,68)(H,69,70)(H,71,72)(H2,57,58,59,60,61,62,63,64). The molecule has 84 heavy (non-hydrogen) atoms. The molecule has 5 heterocycles. The lowest BCUT2D eigenvalue weighted by Gasteiger charge is -2.10. The molecule has 3 aromatic heterocycles. The molecule has 0 amide bonds. The van der Waals surface area contributed by atoms with Crippen LogP contribution in [-0.4, -0.2) is 112 Å². The van der Waals surface area contributed by atoms with Gasteiger partial charge in [-0.1, -0.05) is 48.5 Å². The predicted molar refractivity (Wildman–Crippen MR) is 317 cm³/mol. The highest BCUT2D eigenvalue weighted by atomic mass is 31.2. The van der Waals surface area contributed by atoms with Crippen LogP contribution in [0.25, 0.3) is 89.7 Å². The number of benzene rings is 4. The summed E-state index contributed by atoms with van der Waals surface area (Å²) >= 11 is 0. The monoisotopic (exact) mass is 1230 g/mol. The number of phosphoric ester groups is 4. The van der Waals surface area contributed by atoms with Crippen LogP contribution in [0.15, 0.2) is 72.8 Å². The van der Waals surface area contributed by atoms with Crippen molar-refractivity contribution in [1.29, 1.82) is 0 Å². The molecule has 0 radical (unpaired) electrons. The molecule has 0 aliphatic carbocycles. The first-order valence-corrected chi connectivity index (χ1v) is 34.2. The molecule has 28 heteroatoms. The number of hydrogen-bond acceptors (Lipinski definition) is 18. The molecule has 0 fully saturated rings. The highest BCUT2D eigenvalue weighted by Gasteiger charge is 2.27. The van der Waals surface area contributed by atoms with Crippen molar-refractivity contribution in [2.75, 3.05) is 52.9 Å². The van der Waals surface area contributed by atoms with E-state index in [1.54, 1.807) is 27.7 Å². The second-order valence-electron chi connectivity index (χ2n) is 19.8. The van der Waals surface area contributed by atoms with Crippen molar-refractivity contribution in [1.82, 2.24) is 39.9 Å². The van der Waals surface area contributed by atoms with Gasteiger partial charge in [-0.15, -0.1) is 0 Å². The van der Waals surface area contributed by atoms with Crippen LogP contribution in [0.4, 0.5) is 0 Å². The first kappa shape index (κ1) is 63.2. The van der Waals surface area contributed by atoms with Crippen LogP contribution >= 0.6 is 31.3 Å². The van der Waals surface area contributed by atoms with Crippen molar-refractivity contribution >= 4 is 75.4 Å². The third-order valence-electron chi connectivity index (χ3n) is 13.7. The highest BCUT2D eigenvalue weighted by Crippen LogP contribution is 2.46. The van der Waals surface area contributed by atoms with Crippen molar-refractivity contribution in [3.05, 3.63) is 95.1 Å². The van der Waals surface area contributed by atoms with Crippen LogP contribution in [0, 0.1) is 0 Å². The van der Waals surface area contributed by atoms with Gasteiger partial charge in [-0.05, 0) is 151 Å². The molecule has 2 aliphatic rings. The van der Waals surface area contributed by atoms with E-state index < -0.39 is 31.3 Å². The molecule has 24 nitrogen and oxygen atoms in total. The van der Waals surface area contributed by atoms with Crippen molar-refractivity contribution in [3.8, 4) is 45.6 Å². The topological polar surface area (TPSA) is 332 Å². The maximum Gasteiger partial charge on any atom is 0.472 e. The summed E-state index contributed by atoms with van der Waals surface area (Å²) in [6.45, 7) is 6.86. The summed E-state index contributed by atoms with van der Waals surface area (Å²) in [7, 11) is -16.5. The lowest BCUT2D eigenvalue weighted by atomic mass is 10.0. The summed E-state index contributed by atoms with van der Waals surface area (Å²) < 4.78 is 88.6. The Morgan fingerprint density at radius 3 is 0.988 bits per heavy atom. The van der Waals surface area contributed by atoms with Gasteiger partial charge in [0.15, 0.2) is 23.3 Å². The van der Waals surface area contributed by atoms with E-state index in [0.717, 1.165) is 60.5 Å². The molecule has 2 aliphatic heterocycles. The minimum absolute atomic E-state index is 0.0416. The quantitative estimate of drug-likeness (QED) is 0.0168. The van der Waals surface area contributed by atoms with E-state index in [-0.39, 0.29) is 52.9 Å². The number of nitrogens with one attached hydrogen (secondary N) is 2. The van der Waals surface area contributed by atoms with Gasteiger partial charge in [0, 0.05) is 43.8 Å². The third-order valence-corrected chi connectivity index (χ3v) is 18.1. The summed E-state index contributed by atoms with van der Waals surface area (Å²) in [5.74, 6) is 1.51. The molecule has 6 N–H and O–H groups in total. The number of fused-ring (bicyclic) bond motifs is 20. The fourth-order valence-electron chi connectivity index (χ4n) is 9.85. The maximum atomic E-state index is 12.2. The zero-order valence-electron chi connectivity index (χ0n) is 47.2. The van der Waals surface area contributed by atoms with Gasteiger partial charge < -0.3 is 29.5 Å². The maximum absolute atomic E-state index is 12.2. The van der Waals surface area contributed by atoms with Gasteiger partial charge in [0.25, 0.3) is 0 Å². The van der Waals surface area contributed by atoms with E-state index in [0.29, 0.717) is 128 Å². The van der Waals surface area contributed by atoms with Gasteiger partial charge in [-0.3, -0.25) is 36.2 Å². The number of aromatic nitrogens is 8. The molecular weight excluding hydrogens is 1160 g/mol. The number of hydrogen-bond donors (Lipinski definition) is 6. The fraction of sp³-hybridized carbons (Fsp3) is 0.429. The summed E-state index contributed by atoms with van der Waals surface area (Å²) in [6.07, 6.45) is 7.07. The number of aromatic amines is 2. The van der Waals surface area contributed by atoms with Crippen LogP contribution in [0.2, 0.25) is 0 Å². The van der Waals surface area contributed by atoms with E-state index >= 15 is 0 Å². The van der Waals surface area contributed by atoms with Gasteiger partial charge in [0.1, 0.15) is 22.6 Å². The summed E-state index contributed by atoms with van der Waals surface area (Å²) in [5.41, 5.74) is 8.77. The van der Waals surface area contributed by atoms with Crippen molar-refractivity contribution in [2.45, 2.75) is 105 Å². The minimum atomic E-state index is -4.13. The Bertz CT molecular complexity index is 3860. The molecule has 4 aromatic carbocycles. The van der Waals surface area contributed by atoms with E-state index in [4.69, 9.17) is 66.1 Å². The van der Waals surface area contributed by atoms with Crippen LogP contribution in [-0.2, 0) is 80.1 Å². The van der Waals surface area contributed by atoms with Crippen LogP contribution in [0.3, 0.4) is 0 Å². The highest BCUT2D eigenvalue weighted by molar-refractivity contribution is 7.48. The van der Waals surface area contributed by atoms with Gasteiger partial charge in [0.2, 0.25) is 0 Å². The molecular formula is C56H70N8O16P4. The molecule has 0 saturated carbocycles. The average molecular weight is 1240 g/mol. The number of unbranched alkanes of at least 4 members (excludes halogenated alkanes) is 4. The number of aryl methyl sites for hydroxylation is 4. The van der Waals surface area contributed by atoms with E-state index in [2.05, 4.69) is 22.1 Å².